The van der Waals surface area contributed by atoms with Crippen molar-refractivity contribution < 1.29 is 14.6 Å². The number of piperidine rings is 1. The Hall–Kier alpha value is -1.69. The first kappa shape index (κ1) is 17.1. The van der Waals surface area contributed by atoms with Crippen LogP contribution in [0.3, 0.4) is 0 Å². The number of hydrogen-bond acceptors (Lipinski definition) is 5. The molecule has 1 saturated heterocycles. The average molecular weight is 349 g/mol. The molecule has 1 aromatic heterocycles. The third-order valence-corrected chi connectivity index (χ3v) is 5.08. The van der Waals surface area contributed by atoms with Crippen LogP contribution in [0.5, 0.6) is 0 Å². The largest absolute Gasteiger partial charge is 0.467 e. The number of hydrogen-bond donors (Lipinski definition) is 1. The molecule has 3 rings (SSSR count). The van der Waals surface area contributed by atoms with E-state index in [1.54, 1.807) is 6.20 Å². The van der Waals surface area contributed by atoms with Gasteiger partial charge in [0.05, 0.1) is 12.6 Å². The van der Waals surface area contributed by atoms with Crippen molar-refractivity contribution in [3.8, 4) is 0 Å². The fourth-order valence-electron chi connectivity index (χ4n) is 3.30. The van der Waals surface area contributed by atoms with Crippen molar-refractivity contribution in [2.45, 2.75) is 25.5 Å². The second kappa shape index (κ2) is 7.47. The second-order valence-electron chi connectivity index (χ2n) is 6.18. The van der Waals surface area contributed by atoms with Gasteiger partial charge in [-0.05, 0) is 44.0 Å². The van der Waals surface area contributed by atoms with Gasteiger partial charge in [-0.2, -0.15) is 0 Å². The molecule has 2 aromatic rings. The first-order valence-electron chi connectivity index (χ1n) is 8.10. The van der Waals surface area contributed by atoms with Gasteiger partial charge in [-0.25, -0.2) is 4.79 Å². The molecule has 1 fully saturated rings. The number of fused-ring (bicyclic) bond motifs is 1. The van der Waals surface area contributed by atoms with Crippen molar-refractivity contribution in [2.24, 2.45) is 5.92 Å². The van der Waals surface area contributed by atoms with Crippen LogP contribution >= 0.6 is 11.6 Å². The molecule has 128 valence electrons. The van der Waals surface area contributed by atoms with Crippen molar-refractivity contribution in [2.75, 3.05) is 20.2 Å². The zero-order valence-corrected chi connectivity index (χ0v) is 14.4. The van der Waals surface area contributed by atoms with Gasteiger partial charge in [0.15, 0.2) is 6.10 Å². The molecular weight excluding hydrogens is 328 g/mol. The third-order valence-electron chi connectivity index (χ3n) is 4.73. The Morgan fingerprint density at radius 2 is 2.17 bits per heavy atom. The Kier molecular flexibility index (Phi) is 5.33. The number of carbonyl (C=O) groups is 1. The van der Waals surface area contributed by atoms with Crippen LogP contribution in [0.2, 0.25) is 5.02 Å². The molecule has 6 heteroatoms. The Labute approximate surface area is 146 Å². The molecule has 1 aliphatic rings. The smallest absolute Gasteiger partial charge is 0.334 e. The molecule has 1 aromatic carbocycles. The van der Waals surface area contributed by atoms with Crippen LogP contribution in [0.15, 0.2) is 30.5 Å². The summed E-state index contributed by atoms with van der Waals surface area (Å²) in [7, 11) is 1.30. The first-order valence-corrected chi connectivity index (χ1v) is 8.48. The summed E-state index contributed by atoms with van der Waals surface area (Å²) in [4.78, 5) is 18.2. The van der Waals surface area contributed by atoms with E-state index >= 15 is 0 Å². The summed E-state index contributed by atoms with van der Waals surface area (Å²) in [6, 6.07) is 7.84. The number of likely N-dealkylation sites (tertiary alicyclic amines) is 1. The van der Waals surface area contributed by atoms with Crippen molar-refractivity contribution in [1.82, 2.24) is 9.88 Å². The lowest BCUT2D eigenvalue weighted by molar-refractivity contribution is -0.154. The molecule has 0 radical (unpaired) electrons. The number of aliphatic hydroxyl groups excluding tert-OH is 1. The van der Waals surface area contributed by atoms with Crippen molar-refractivity contribution in [1.29, 1.82) is 0 Å². The van der Waals surface area contributed by atoms with E-state index in [-0.39, 0.29) is 5.92 Å². The van der Waals surface area contributed by atoms with Crippen molar-refractivity contribution in [3.05, 3.63) is 41.0 Å². The van der Waals surface area contributed by atoms with Gasteiger partial charge in [-0.15, -0.1) is 0 Å². The zero-order chi connectivity index (χ0) is 17.1. The Bertz CT molecular complexity index is 729. The van der Waals surface area contributed by atoms with Crippen LogP contribution in [0.1, 0.15) is 18.4 Å². The number of pyridine rings is 1. The van der Waals surface area contributed by atoms with Gasteiger partial charge >= 0.3 is 5.97 Å². The predicted molar refractivity (Wildman–Crippen MR) is 92.8 cm³/mol. The fourth-order valence-corrected chi connectivity index (χ4v) is 3.51. The third kappa shape index (κ3) is 3.53. The number of aromatic nitrogens is 1. The topological polar surface area (TPSA) is 62.7 Å². The number of esters is 1. The maximum Gasteiger partial charge on any atom is 0.334 e. The van der Waals surface area contributed by atoms with Gasteiger partial charge in [0.1, 0.15) is 0 Å². The van der Waals surface area contributed by atoms with Gasteiger partial charge < -0.3 is 9.84 Å². The fraction of sp³-hybridized carbons (Fsp3) is 0.444. The lowest BCUT2D eigenvalue weighted by Crippen LogP contribution is -2.40. The Morgan fingerprint density at radius 3 is 2.88 bits per heavy atom. The number of carbonyl (C=O) groups excluding carboxylic acids is 1. The molecule has 0 aliphatic carbocycles. The van der Waals surface area contributed by atoms with Crippen LogP contribution in [-0.2, 0) is 16.1 Å². The highest BCUT2D eigenvalue weighted by Crippen LogP contribution is 2.28. The molecule has 1 atom stereocenters. The van der Waals surface area contributed by atoms with E-state index in [2.05, 4.69) is 14.6 Å². The highest BCUT2D eigenvalue weighted by atomic mass is 35.5. The highest BCUT2D eigenvalue weighted by Gasteiger charge is 2.30. The summed E-state index contributed by atoms with van der Waals surface area (Å²) in [6.07, 6.45) is 2.26. The van der Waals surface area contributed by atoms with Crippen molar-refractivity contribution >= 4 is 28.5 Å². The molecule has 24 heavy (non-hydrogen) atoms. The van der Waals surface area contributed by atoms with Gasteiger partial charge in [0, 0.05) is 28.7 Å². The number of rotatable bonds is 4. The lowest BCUT2D eigenvalue weighted by Gasteiger charge is -2.33. The molecule has 2 heterocycles. The van der Waals surface area contributed by atoms with E-state index in [0.717, 1.165) is 47.4 Å². The maximum absolute atomic E-state index is 11.5. The lowest BCUT2D eigenvalue weighted by atomic mass is 9.91. The van der Waals surface area contributed by atoms with E-state index < -0.39 is 12.1 Å². The summed E-state index contributed by atoms with van der Waals surface area (Å²) in [5, 5.41) is 11.8. The molecule has 0 bridgehead atoms. The number of ether oxygens (including phenoxy) is 1. The molecule has 1 aliphatic heterocycles. The molecule has 0 amide bonds. The van der Waals surface area contributed by atoms with Crippen LogP contribution < -0.4 is 0 Å². The first-order chi connectivity index (χ1) is 11.6. The summed E-state index contributed by atoms with van der Waals surface area (Å²) in [5.41, 5.74) is 1.96. The van der Waals surface area contributed by atoms with E-state index in [4.69, 9.17) is 11.6 Å². The highest BCUT2D eigenvalue weighted by molar-refractivity contribution is 6.32. The van der Waals surface area contributed by atoms with Gasteiger partial charge in [0.2, 0.25) is 0 Å². The minimum atomic E-state index is -1.03. The standard InChI is InChI=1S/C18H21ClN2O3/c1-24-18(23)17(22)13-6-9-21(10-7-13)11-14-15(19)5-4-12-3-2-8-20-16(12)14/h2-5,8,13,17,22H,6-7,9-11H2,1H3. The number of aliphatic hydroxyl groups is 1. The van der Waals surface area contributed by atoms with Gasteiger partial charge in [-0.1, -0.05) is 23.7 Å². The molecule has 0 saturated carbocycles. The van der Waals surface area contributed by atoms with E-state index in [1.807, 2.05) is 24.3 Å². The quantitative estimate of drug-likeness (QED) is 0.861. The second-order valence-corrected chi connectivity index (χ2v) is 6.59. The number of halogens is 1. The summed E-state index contributed by atoms with van der Waals surface area (Å²) >= 11 is 6.39. The monoisotopic (exact) mass is 348 g/mol. The van der Waals surface area contributed by atoms with E-state index in [9.17, 15) is 9.90 Å². The molecule has 1 unspecified atom stereocenters. The van der Waals surface area contributed by atoms with Crippen molar-refractivity contribution in [3.63, 3.8) is 0 Å². The molecular formula is C18H21ClN2O3. The average Bonchev–Trinajstić information content (AvgIpc) is 2.63. The van der Waals surface area contributed by atoms with Gasteiger partial charge in [-0.3, -0.25) is 9.88 Å². The zero-order valence-electron chi connectivity index (χ0n) is 13.6. The maximum atomic E-state index is 11.5. The summed E-state index contributed by atoms with van der Waals surface area (Å²) in [5.74, 6) is -0.593. The number of benzene rings is 1. The predicted octanol–water partition coefficient (Wildman–Crippen LogP) is 2.63. The summed E-state index contributed by atoms with van der Waals surface area (Å²) < 4.78 is 4.62. The van der Waals surface area contributed by atoms with Gasteiger partial charge in [0.25, 0.3) is 0 Å². The van der Waals surface area contributed by atoms with Crippen LogP contribution in [0.25, 0.3) is 10.9 Å². The van der Waals surface area contributed by atoms with E-state index in [1.165, 1.54) is 7.11 Å². The molecule has 1 N–H and O–H groups in total. The normalized spacial score (nSPS) is 17.8. The minimum absolute atomic E-state index is 0.0465. The summed E-state index contributed by atoms with van der Waals surface area (Å²) in [6.45, 7) is 2.32. The number of nitrogens with zero attached hydrogens (tertiary/aromatic N) is 2. The Balaban J connectivity index is 1.69. The Morgan fingerprint density at radius 1 is 1.42 bits per heavy atom. The van der Waals surface area contributed by atoms with E-state index in [0.29, 0.717) is 6.54 Å². The SMILES string of the molecule is COC(=O)C(O)C1CCN(Cc2c(Cl)ccc3cccnc23)CC1. The van der Waals surface area contributed by atoms with Crippen LogP contribution in [0.4, 0.5) is 0 Å². The minimum Gasteiger partial charge on any atom is -0.467 e. The van der Waals surface area contributed by atoms with Crippen LogP contribution in [-0.4, -0.2) is 47.3 Å². The molecule has 0 spiro atoms. The number of methoxy groups -OCH3 is 1. The van der Waals surface area contributed by atoms with Crippen LogP contribution in [0, 0.1) is 5.92 Å². The molecule has 5 nitrogen and oxygen atoms in total.